The Morgan fingerprint density at radius 3 is 0.500 bits per heavy atom. The maximum Gasteiger partial charge on any atom is 0.305 e. The van der Waals surface area contributed by atoms with Crippen LogP contribution >= 0.6 is 0 Å². The SMILES string of the molecule is CCCCCCCCCCCCCCCCCC(=O)OCCCCCCCCCCCC.CCCCCCCCCCCCCCCCCC(=O)OCCCCCCCCCCCCCC. The van der Waals surface area contributed by atoms with Gasteiger partial charge < -0.3 is 9.47 Å². The Balaban J connectivity index is 0. The number of hydrogen-bond donors (Lipinski definition) is 0. The van der Waals surface area contributed by atoms with Crippen molar-refractivity contribution in [2.75, 3.05) is 13.2 Å². The number of unbranched alkanes of at least 4 members (excludes halogenated alkanes) is 48. The number of rotatable bonds is 56. The van der Waals surface area contributed by atoms with Crippen LogP contribution in [0.2, 0.25) is 0 Å². The van der Waals surface area contributed by atoms with Crippen LogP contribution in [0.15, 0.2) is 0 Å². The van der Waals surface area contributed by atoms with E-state index >= 15 is 0 Å². The third-order valence-corrected chi connectivity index (χ3v) is 14.0. The Hall–Kier alpha value is -1.06. The second-order valence-electron chi connectivity index (χ2n) is 20.9. The molecule has 396 valence electrons. The van der Waals surface area contributed by atoms with E-state index in [-0.39, 0.29) is 11.9 Å². The largest absolute Gasteiger partial charge is 0.466 e. The Morgan fingerprint density at radius 1 is 0.197 bits per heavy atom. The van der Waals surface area contributed by atoms with Gasteiger partial charge in [-0.1, -0.05) is 336 Å². The quantitative estimate of drug-likeness (QED) is 0.0450. The van der Waals surface area contributed by atoms with Gasteiger partial charge in [-0.25, -0.2) is 0 Å². The van der Waals surface area contributed by atoms with E-state index in [1.54, 1.807) is 0 Å². The summed E-state index contributed by atoms with van der Waals surface area (Å²) in [7, 11) is 0. The first-order valence-electron chi connectivity index (χ1n) is 30.9. The summed E-state index contributed by atoms with van der Waals surface area (Å²) in [5.41, 5.74) is 0. The van der Waals surface area contributed by atoms with Crippen molar-refractivity contribution < 1.29 is 19.1 Å². The molecule has 0 aromatic heterocycles. The van der Waals surface area contributed by atoms with E-state index in [1.807, 2.05) is 0 Å². The van der Waals surface area contributed by atoms with Crippen LogP contribution in [0.5, 0.6) is 0 Å². The van der Waals surface area contributed by atoms with Gasteiger partial charge in [-0.15, -0.1) is 0 Å². The fourth-order valence-electron chi connectivity index (χ4n) is 9.33. The molecule has 0 heterocycles. The van der Waals surface area contributed by atoms with Crippen LogP contribution in [0, 0.1) is 0 Å². The molecule has 0 saturated carbocycles. The van der Waals surface area contributed by atoms with E-state index in [1.165, 1.54) is 308 Å². The lowest BCUT2D eigenvalue weighted by atomic mass is 10.0. The van der Waals surface area contributed by atoms with E-state index in [4.69, 9.17) is 9.47 Å². The highest BCUT2D eigenvalue weighted by molar-refractivity contribution is 5.69. The molecule has 0 unspecified atom stereocenters. The number of hydrogen-bond acceptors (Lipinski definition) is 4. The number of ether oxygens (including phenoxy) is 2. The zero-order valence-electron chi connectivity index (χ0n) is 46.2. The van der Waals surface area contributed by atoms with E-state index in [2.05, 4.69) is 27.7 Å². The Kier molecular flexibility index (Phi) is 64.9. The van der Waals surface area contributed by atoms with Gasteiger partial charge in [0, 0.05) is 12.8 Å². The standard InChI is InChI=1S/C32H64O2.C30H60O2/c1-3-5-7-9-11-13-15-17-18-19-20-22-24-26-28-30-32(33)34-31-29-27-25-23-21-16-14-12-10-8-6-4-2;1-3-5-7-9-11-13-15-16-17-18-19-20-22-24-26-28-30(31)32-29-27-25-23-21-14-12-10-8-6-4-2/h3-31H2,1-2H3;3-29H2,1-2H3. The molecular formula is C62H124O4. The fourth-order valence-corrected chi connectivity index (χ4v) is 9.33. The molecule has 4 heteroatoms. The minimum absolute atomic E-state index is 0.0237. The number of carbonyl (C=O) groups is 2. The van der Waals surface area contributed by atoms with Crippen molar-refractivity contribution in [3.05, 3.63) is 0 Å². The molecular weight excluding hydrogens is 809 g/mol. The predicted octanol–water partition coefficient (Wildman–Crippen LogP) is 22.2. The highest BCUT2D eigenvalue weighted by Gasteiger charge is 2.05. The first kappa shape index (κ1) is 67.0. The van der Waals surface area contributed by atoms with Gasteiger partial charge in [-0.05, 0) is 25.7 Å². The molecule has 4 nitrogen and oxygen atoms in total. The lowest BCUT2D eigenvalue weighted by Crippen LogP contribution is -2.05. The van der Waals surface area contributed by atoms with Gasteiger partial charge in [-0.3, -0.25) is 9.59 Å². The predicted molar refractivity (Wildman–Crippen MR) is 294 cm³/mol. The summed E-state index contributed by atoms with van der Waals surface area (Å²) in [5, 5.41) is 0. The average Bonchev–Trinajstić information content (AvgIpc) is 3.32. The Morgan fingerprint density at radius 2 is 0.333 bits per heavy atom. The molecule has 0 rings (SSSR count). The van der Waals surface area contributed by atoms with E-state index < -0.39 is 0 Å². The van der Waals surface area contributed by atoms with E-state index in [9.17, 15) is 9.59 Å². The summed E-state index contributed by atoms with van der Waals surface area (Å²) in [6.45, 7) is 10.4. The average molecular weight is 934 g/mol. The van der Waals surface area contributed by atoms with Crippen molar-refractivity contribution in [3.8, 4) is 0 Å². The van der Waals surface area contributed by atoms with E-state index in [0.717, 1.165) is 25.7 Å². The third kappa shape index (κ3) is 65.0. The molecule has 0 aliphatic carbocycles. The third-order valence-electron chi connectivity index (χ3n) is 14.0. The minimum atomic E-state index is 0.0237. The van der Waals surface area contributed by atoms with Gasteiger partial charge in [0.2, 0.25) is 0 Å². The zero-order valence-corrected chi connectivity index (χ0v) is 46.2. The van der Waals surface area contributed by atoms with Crippen molar-refractivity contribution in [2.24, 2.45) is 0 Å². The van der Waals surface area contributed by atoms with Crippen LogP contribution in [0.3, 0.4) is 0 Å². The molecule has 0 saturated heterocycles. The van der Waals surface area contributed by atoms with Crippen LogP contribution in [0.1, 0.15) is 374 Å². The molecule has 0 radical (unpaired) electrons. The summed E-state index contributed by atoms with van der Waals surface area (Å²) in [6.07, 6.45) is 71.4. The Labute approximate surface area is 417 Å². The second kappa shape index (κ2) is 63.9. The monoisotopic (exact) mass is 933 g/mol. The molecule has 0 spiro atoms. The summed E-state index contributed by atoms with van der Waals surface area (Å²) < 4.78 is 10.8. The topological polar surface area (TPSA) is 52.6 Å². The molecule has 0 aromatic rings. The lowest BCUT2D eigenvalue weighted by molar-refractivity contribution is -0.144. The minimum Gasteiger partial charge on any atom is -0.466 e. The van der Waals surface area contributed by atoms with Crippen LogP contribution in [-0.2, 0) is 19.1 Å². The normalized spacial score (nSPS) is 11.2. The van der Waals surface area contributed by atoms with Gasteiger partial charge >= 0.3 is 11.9 Å². The highest BCUT2D eigenvalue weighted by atomic mass is 16.5. The van der Waals surface area contributed by atoms with Crippen molar-refractivity contribution >= 4 is 11.9 Å². The van der Waals surface area contributed by atoms with Crippen molar-refractivity contribution in [2.45, 2.75) is 374 Å². The van der Waals surface area contributed by atoms with Crippen LogP contribution in [-0.4, -0.2) is 25.2 Å². The van der Waals surface area contributed by atoms with Gasteiger partial charge in [0.05, 0.1) is 13.2 Å². The lowest BCUT2D eigenvalue weighted by Gasteiger charge is -2.06. The fraction of sp³-hybridized carbons (Fsp3) is 0.968. The van der Waals surface area contributed by atoms with Crippen molar-refractivity contribution in [1.82, 2.24) is 0 Å². The molecule has 0 fully saturated rings. The van der Waals surface area contributed by atoms with Crippen LogP contribution in [0.25, 0.3) is 0 Å². The molecule has 0 N–H and O–H groups in total. The van der Waals surface area contributed by atoms with Gasteiger partial charge in [0.25, 0.3) is 0 Å². The molecule has 0 amide bonds. The summed E-state index contributed by atoms with van der Waals surface area (Å²) in [5.74, 6) is 0.0494. The van der Waals surface area contributed by atoms with E-state index in [0.29, 0.717) is 26.1 Å². The number of carbonyl (C=O) groups excluding carboxylic acids is 2. The molecule has 0 aromatic carbocycles. The first-order valence-corrected chi connectivity index (χ1v) is 30.9. The van der Waals surface area contributed by atoms with Crippen molar-refractivity contribution in [1.29, 1.82) is 0 Å². The second-order valence-corrected chi connectivity index (χ2v) is 20.9. The van der Waals surface area contributed by atoms with Gasteiger partial charge in [0.1, 0.15) is 0 Å². The zero-order chi connectivity index (χ0) is 48.2. The number of esters is 2. The first-order chi connectivity index (χ1) is 32.6. The smallest absolute Gasteiger partial charge is 0.305 e. The van der Waals surface area contributed by atoms with Crippen LogP contribution in [0.4, 0.5) is 0 Å². The molecule has 0 aliphatic heterocycles. The Bertz CT molecular complexity index is 872. The molecule has 66 heavy (non-hydrogen) atoms. The maximum absolute atomic E-state index is 11.9. The van der Waals surface area contributed by atoms with Crippen molar-refractivity contribution in [3.63, 3.8) is 0 Å². The summed E-state index contributed by atoms with van der Waals surface area (Å²) in [4.78, 5) is 23.7. The summed E-state index contributed by atoms with van der Waals surface area (Å²) in [6, 6.07) is 0. The summed E-state index contributed by atoms with van der Waals surface area (Å²) >= 11 is 0. The maximum atomic E-state index is 11.9. The highest BCUT2D eigenvalue weighted by Crippen LogP contribution is 2.17. The van der Waals surface area contributed by atoms with Gasteiger partial charge in [-0.2, -0.15) is 0 Å². The molecule has 0 aliphatic rings. The molecule has 0 atom stereocenters. The molecule has 0 bridgehead atoms. The van der Waals surface area contributed by atoms with Gasteiger partial charge in [0.15, 0.2) is 0 Å². The van der Waals surface area contributed by atoms with Crippen LogP contribution < -0.4 is 0 Å².